The predicted molar refractivity (Wildman–Crippen MR) is 73.1 cm³/mol. The number of nitrogens with zero attached hydrogens (tertiary/aromatic N) is 2. The highest BCUT2D eigenvalue weighted by Crippen LogP contribution is 2.08. The van der Waals surface area contributed by atoms with Crippen LogP contribution in [0.5, 0.6) is 0 Å². The molecular weight excluding hydrogens is 244 g/mol. The lowest BCUT2D eigenvalue weighted by atomic mass is 10.2. The van der Waals surface area contributed by atoms with Crippen LogP contribution in [0.2, 0.25) is 0 Å². The number of carbonyl (C=O) groups excluding carboxylic acids is 1. The van der Waals surface area contributed by atoms with Gasteiger partial charge in [0.15, 0.2) is 0 Å². The third-order valence-electron chi connectivity index (χ3n) is 3.23. The molecule has 1 atom stereocenters. The molecule has 0 aliphatic carbocycles. The summed E-state index contributed by atoms with van der Waals surface area (Å²) in [6, 6.07) is 3.41. The number of rotatable bonds is 5. The summed E-state index contributed by atoms with van der Waals surface area (Å²) in [6.07, 6.45) is 1.65. The average Bonchev–Trinajstić information content (AvgIpc) is 2.46. The highest BCUT2D eigenvalue weighted by atomic mass is 16.5. The van der Waals surface area contributed by atoms with E-state index >= 15 is 0 Å². The first kappa shape index (κ1) is 13.8. The number of nitrogens with two attached hydrogens (primary N) is 1. The van der Waals surface area contributed by atoms with Gasteiger partial charge < -0.3 is 15.8 Å². The summed E-state index contributed by atoms with van der Waals surface area (Å²) in [5.74, 6) is 0.260. The summed E-state index contributed by atoms with van der Waals surface area (Å²) < 4.78 is 5.69. The summed E-state index contributed by atoms with van der Waals surface area (Å²) in [5.41, 5.74) is 5.57. The maximum atomic E-state index is 10.9. The molecule has 1 amide bonds. The summed E-state index contributed by atoms with van der Waals surface area (Å²) in [5, 5.41) is 3.21. The number of hydrogen-bond acceptors (Lipinski definition) is 5. The summed E-state index contributed by atoms with van der Waals surface area (Å²) in [4.78, 5) is 17.4. The summed E-state index contributed by atoms with van der Waals surface area (Å²) in [7, 11) is 0. The van der Waals surface area contributed by atoms with Crippen LogP contribution in [0.3, 0.4) is 0 Å². The molecule has 1 aliphatic heterocycles. The summed E-state index contributed by atoms with van der Waals surface area (Å²) in [6.45, 7) is 6.61. The minimum absolute atomic E-state index is 0.173. The van der Waals surface area contributed by atoms with E-state index in [9.17, 15) is 4.79 Å². The zero-order valence-electron chi connectivity index (χ0n) is 11.1. The van der Waals surface area contributed by atoms with Gasteiger partial charge in [-0.15, -0.1) is 0 Å². The second kappa shape index (κ2) is 6.49. The van der Waals surface area contributed by atoms with Crippen molar-refractivity contribution >= 4 is 11.7 Å². The molecule has 104 valence electrons. The van der Waals surface area contributed by atoms with E-state index in [2.05, 4.69) is 22.1 Å². The zero-order chi connectivity index (χ0) is 13.7. The second-order valence-electron chi connectivity index (χ2n) is 4.56. The van der Waals surface area contributed by atoms with E-state index in [-0.39, 0.29) is 6.10 Å². The molecule has 19 heavy (non-hydrogen) atoms. The van der Waals surface area contributed by atoms with Crippen molar-refractivity contribution in [3.8, 4) is 0 Å². The average molecular weight is 264 g/mol. The Labute approximate surface area is 112 Å². The van der Waals surface area contributed by atoms with Crippen molar-refractivity contribution in [2.45, 2.75) is 13.0 Å². The largest absolute Gasteiger partial charge is 0.374 e. The lowest BCUT2D eigenvalue weighted by Crippen LogP contribution is -2.45. The third kappa shape index (κ3) is 3.90. The van der Waals surface area contributed by atoms with Crippen LogP contribution >= 0.6 is 0 Å². The van der Waals surface area contributed by atoms with E-state index in [4.69, 9.17) is 10.5 Å². The Kier molecular flexibility index (Phi) is 4.70. The van der Waals surface area contributed by atoms with Crippen molar-refractivity contribution in [1.82, 2.24) is 9.88 Å². The molecule has 1 aliphatic rings. The fraction of sp³-hybridized carbons (Fsp3) is 0.538. The first-order chi connectivity index (χ1) is 9.19. The molecule has 2 rings (SSSR count). The monoisotopic (exact) mass is 264 g/mol. The van der Waals surface area contributed by atoms with Crippen molar-refractivity contribution < 1.29 is 9.53 Å². The van der Waals surface area contributed by atoms with Crippen LogP contribution in [0.4, 0.5) is 5.82 Å². The topological polar surface area (TPSA) is 80.5 Å². The lowest BCUT2D eigenvalue weighted by molar-refractivity contribution is -0.0192. The van der Waals surface area contributed by atoms with Gasteiger partial charge in [-0.25, -0.2) is 4.98 Å². The standard InChI is InChI=1S/C13H20N4O2/c1-2-17-5-6-19-11(9-17)8-16-12-4-3-10(7-15-12)13(14)18/h3-4,7,11H,2,5-6,8-9H2,1H3,(H2,14,18)(H,15,16). The highest BCUT2D eigenvalue weighted by molar-refractivity contribution is 5.92. The van der Waals surface area contributed by atoms with Crippen LogP contribution in [-0.2, 0) is 4.74 Å². The van der Waals surface area contributed by atoms with Crippen LogP contribution < -0.4 is 11.1 Å². The minimum atomic E-state index is -0.465. The number of nitrogens with one attached hydrogen (secondary N) is 1. The quantitative estimate of drug-likeness (QED) is 0.800. The molecule has 1 fully saturated rings. The van der Waals surface area contributed by atoms with Crippen molar-refractivity contribution in [2.75, 3.05) is 38.1 Å². The van der Waals surface area contributed by atoms with E-state index in [0.717, 1.165) is 32.1 Å². The number of primary amides is 1. The molecule has 1 aromatic rings. The number of morpholine rings is 1. The van der Waals surface area contributed by atoms with Crippen molar-refractivity contribution in [3.63, 3.8) is 0 Å². The van der Waals surface area contributed by atoms with E-state index in [1.54, 1.807) is 12.1 Å². The van der Waals surface area contributed by atoms with Crippen LogP contribution in [-0.4, -0.2) is 54.7 Å². The summed E-state index contributed by atoms with van der Waals surface area (Å²) >= 11 is 0. The van der Waals surface area contributed by atoms with Gasteiger partial charge in [-0.3, -0.25) is 9.69 Å². The molecule has 0 bridgehead atoms. The number of aromatic nitrogens is 1. The first-order valence-electron chi connectivity index (χ1n) is 6.52. The normalized spacial score (nSPS) is 20.2. The van der Waals surface area contributed by atoms with Crippen molar-refractivity contribution in [3.05, 3.63) is 23.9 Å². The van der Waals surface area contributed by atoms with Gasteiger partial charge in [0.2, 0.25) is 5.91 Å². The Morgan fingerprint density at radius 2 is 2.47 bits per heavy atom. The highest BCUT2D eigenvalue weighted by Gasteiger charge is 2.18. The van der Waals surface area contributed by atoms with Crippen LogP contribution in [0.15, 0.2) is 18.3 Å². The van der Waals surface area contributed by atoms with E-state index in [0.29, 0.717) is 12.1 Å². The van der Waals surface area contributed by atoms with Gasteiger partial charge in [0, 0.05) is 25.8 Å². The molecule has 0 aromatic carbocycles. The SMILES string of the molecule is CCN1CCOC(CNc2ccc(C(N)=O)cn2)C1. The molecule has 0 spiro atoms. The number of hydrogen-bond donors (Lipinski definition) is 2. The Bertz CT molecular complexity index is 421. The molecule has 1 unspecified atom stereocenters. The number of likely N-dealkylation sites (N-methyl/N-ethyl adjacent to an activating group) is 1. The van der Waals surface area contributed by atoms with Crippen LogP contribution in [0, 0.1) is 0 Å². The predicted octanol–water partition coefficient (Wildman–Crippen LogP) is 0.313. The lowest BCUT2D eigenvalue weighted by Gasteiger charge is -2.32. The van der Waals surface area contributed by atoms with E-state index < -0.39 is 5.91 Å². The number of ether oxygens (including phenoxy) is 1. The van der Waals surface area contributed by atoms with Crippen LogP contribution in [0.1, 0.15) is 17.3 Å². The zero-order valence-corrected chi connectivity index (χ0v) is 11.1. The van der Waals surface area contributed by atoms with E-state index in [1.807, 2.05) is 0 Å². The second-order valence-corrected chi connectivity index (χ2v) is 4.56. The van der Waals surface area contributed by atoms with Gasteiger partial charge in [-0.05, 0) is 18.7 Å². The molecule has 0 radical (unpaired) electrons. The van der Waals surface area contributed by atoms with Gasteiger partial charge in [-0.2, -0.15) is 0 Å². The molecular formula is C13H20N4O2. The van der Waals surface area contributed by atoms with E-state index in [1.165, 1.54) is 6.20 Å². The number of anilines is 1. The number of amides is 1. The van der Waals surface area contributed by atoms with Gasteiger partial charge in [-0.1, -0.05) is 6.92 Å². The minimum Gasteiger partial charge on any atom is -0.374 e. The van der Waals surface area contributed by atoms with Gasteiger partial charge in [0.1, 0.15) is 5.82 Å². The Hall–Kier alpha value is -1.66. The number of carbonyl (C=O) groups is 1. The Balaban J connectivity index is 1.83. The number of pyridine rings is 1. The van der Waals surface area contributed by atoms with Gasteiger partial charge >= 0.3 is 0 Å². The first-order valence-corrected chi connectivity index (χ1v) is 6.52. The molecule has 6 nitrogen and oxygen atoms in total. The fourth-order valence-electron chi connectivity index (χ4n) is 2.05. The molecule has 6 heteroatoms. The fourth-order valence-corrected chi connectivity index (χ4v) is 2.05. The Morgan fingerprint density at radius 1 is 1.63 bits per heavy atom. The Morgan fingerprint density at radius 3 is 3.11 bits per heavy atom. The van der Waals surface area contributed by atoms with Crippen molar-refractivity contribution in [2.24, 2.45) is 5.73 Å². The third-order valence-corrected chi connectivity index (χ3v) is 3.23. The molecule has 3 N–H and O–H groups in total. The molecule has 2 heterocycles. The van der Waals surface area contributed by atoms with Gasteiger partial charge in [0.25, 0.3) is 0 Å². The maximum Gasteiger partial charge on any atom is 0.250 e. The van der Waals surface area contributed by atoms with Gasteiger partial charge in [0.05, 0.1) is 18.3 Å². The molecule has 1 saturated heterocycles. The molecule has 1 aromatic heterocycles. The smallest absolute Gasteiger partial charge is 0.250 e. The van der Waals surface area contributed by atoms with Crippen LogP contribution in [0.25, 0.3) is 0 Å². The maximum absolute atomic E-state index is 10.9. The van der Waals surface area contributed by atoms with Crippen molar-refractivity contribution in [1.29, 1.82) is 0 Å². The molecule has 0 saturated carbocycles.